The van der Waals surface area contributed by atoms with Crippen molar-refractivity contribution in [3.63, 3.8) is 0 Å². The monoisotopic (exact) mass is 347 g/mol. The molecule has 1 N–H and O–H groups in total. The van der Waals surface area contributed by atoms with E-state index in [9.17, 15) is 0 Å². The van der Waals surface area contributed by atoms with Crippen LogP contribution in [-0.4, -0.2) is 11.2 Å². The number of benzene rings is 3. The third kappa shape index (κ3) is 3.70. The van der Waals surface area contributed by atoms with E-state index in [0.29, 0.717) is 16.6 Å². The van der Waals surface area contributed by atoms with Crippen LogP contribution in [0.4, 0.5) is 17.4 Å². The van der Waals surface area contributed by atoms with Gasteiger partial charge in [0.25, 0.3) is 6.01 Å². The molecule has 4 nitrogen and oxygen atoms in total. The van der Waals surface area contributed by atoms with Crippen LogP contribution in [0.25, 0.3) is 11.1 Å². The summed E-state index contributed by atoms with van der Waals surface area (Å²) >= 11 is 5.96. The molecule has 122 valence electrons. The Morgan fingerprint density at radius 1 is 0.960 bits per heavy atom. The molecule has 0 aliphatic heterocycles. The first-order valence-corrected chi connectivity index (χ1v) is 8.16. The normalized spacial score (nSPS) is 11.2. The molecular formula is C20H14ClN3O. The topological polar surface area (TPSA) is 50.4 Å². The molecule has 0 bridgehead atoms. The van der Waals surface area contributed by atoms with Crippen LogP contribution < -0.4 is 5.32 Å². The van der Waals surface area contributed by atoms with Crippen LogP contribution in [0, 0.1) is 0 Å². The number of aliphatic imine (C=N–C) groups is 1. The van der Waals surface area contributed by atoms with Gasteiger partial charge in [-0.3, -0.25) is 4.99 Å². The second-order valence-electron chi connectivity index (χ2n) is 5.47. The lowest BCUT2D eigenvalue weighted by atomic mass is 10.2. The Kier molecular flexibility index (Phi) is 4.19. The summed E-state index contributed by atoms with van der Waals surface area (Å²) in [5.41, 5.74) is 4.22. The average molecular weight is 348 g/mol. The first-order chi connectivity index (χ1) is 12.3. The first-order valence-electron chi connectivity index (χ1n) is 7.79. The summed E-state index contributed by atoms with van der Waals surface area (Å²) in [5, 5.41) is 3.77. The summed E-state index contributed by atoms with van der Waals surface area (Å²) in [4.78, 5) is 8.84. The van der Waals surface area contributed by atoms with Crippen LogP contribution in [0.3, 0.4) is 0 Å². The summed E-state index contributed by atoms with van der Waals surface area (Å²) in [7, 11) is 0. The highest BCUT2D eigenvalue weighted by molar-refractivity contribution is 6.31. The highest BCUT2D eigenvalue weighted by Crippen LogP contribution is 2.25. The van der Waals surface area contributed by atoms with E-state index in [1.165, 1.54) is 0 Å². The third-order valence-electron chi connectivity index (χ3n) is 3.63. The number of halogens is 1. The Bertz CT molecular complexity index is 1020. The van der Waals surface area contributed by atoms with Crippen LogP contribution in [-0.2, 0) is 0 Å². The molecule has 3 aromatic carbocycles. The highest BCUT2D eigenvalue weighted by atomic mass is 35.5. The maximum absolute atomic E-state index is 5.96. The van der Waals surface area contributed by atoms with Gasteiger partial charge in [-0.05, 0) is 48.0 Å². The lowest BCUT2D eigenvalue weighted by molar-refractivity contribution is 0.623. The predicted octanol–water partition coefficient (Wildman–Crippen LogP) is 5.98. The van der Waals surface area contributed by atoms with Gasteiger partial charge in [-0.1, -0.05) is 41.9 Å². The smallest absolute Gasteiger partial charge is 0.300 e. The van der Waals surface area contributed by atoms with Crippen molar-refractivity contribution >= 4 is 46.3 Å². The third-order valence-corrected chi connectivity index (χ3v) is 3.87. The molecule has 1 heterocycles. The first kappa shape index (κ1) is 15.4. The van der Waals surface area contributed by atoms with Gasteiger partial charge in [0, 0.05) is 16.9 Å². The fourth-order valence-electron chi connectivity index (χ4n) is 2.40. The summed E-state index contributed by atoms with van der Waals surface area (Å²) < 4.78 is 5.65. The van der Waals surface area contributed by atoms with E-state index in [-0.39, 0.29) is 0 Å². The fourth-order valence-corrected chi connectivity index (χ4v) is 2.56. The number of rotatable bonds is 4. The molecule has 0 fully saturated rings. The molecule has 0 atom stereocenters. The van der Waals surface area contributed by atoms with Crippen molar-refractivity contribution in [2.45, 2.75) is 0 Å². The molecule has 0 spiro atoms. The van der Waals surface area contributed by atoms with E-state index in [1.54, 1.807) is 18.2 Å². The van der Waals surface area contributed by atoms with Gasteiger partial charge in [0.05, 0.1) is 5.69 Å². The molecular weight excluding hydrogens is 334 g/mol. The molecule has 25 heavy (non-hydrogen) atoms. The van der Waals surface area contributed by atoms with Crippen molar-refractivity contribution in [2.75, 3.05) is 5.32 Å². The molecule has 0 unspecified atom stereocenters. The zero-order valence-electron chi connectivity index (χ0n) is 13.2. The molecule has 0 amide bonds. The van der Waals surface area contributed by atoms with Crippen molar-refractivity contribution in [2.24, 2.45) is 4.99 Å². The Morgan fingerprint density at radius 2 is 1.76 bits per heavy atom. The van der Waals surface area contributed by atoms with Gasteiger partial charge < -0.3 is 9.73 Å². The molecule has 4 aromatic rings. The Morgan fingerprint density at radius 3 is 2.56 bits per heavy atom. The quantitative estimate of drug-likeness (QED) is 0.462. The molecule has 1 aromatic heterocycles. The average Bonchev–Trinajstić information content (AvgIpc) is 3.03. The Hall–Kier alpha value is -3.11. The standard InChI is InChI=1S/C20H14ClN3O/c21-15-6-11-19-18(12-15)24-20(25-19)23-17-9-7-16(8-10-17)22-13-14-4-2-1-3-5-14/h1-13H,(H,23,24). The van der Waals surface area contributed by atoms with Crippen molar-refractivity contribution in [3.8, 4) is 0 Å². The van der Waals surface area contributed by atoms with Gasteiger partial charge in [-0.25, -0.2) is 0 Å². The highest BCUT2D eigenvalue weighted by Gasteiger charge is 2.06. The van der Waals surface area contributed by atoms with Crippen LogP contribution in [0.15, 0.2) is 82.2 Å². The van der Waals surface area contributed by atoms with E-state index in [2.05, 4.69) is 15.3 Å². The van der Waals surface area contributed by atoms with Crippen LogP contribution in [0.2, 0.25) is 5.02 Å². The number of hydrogen-bond donors (Lipinski definition) is 1. The van der Waals surface area contributed by atoms with Crippen molar-refractivity contribution < 1.29 is 4.42 Å². The van der Waals surface area contributed by atoms with Gasteiger partial charge in [0.1, 0.15) is 5.52 Å². The van der Waals surface area contributed by atoms with E-state index >= 15 is 0 Å². The lowest BCUT2D eigenvalue weighted by Gasteiger charge is -2.01. The van der Waals surface area contributed by atoms with Crippen LogP contribution in [0.1, 0.15) is 5.56 Å². The predicted molar refractivity (Wildman–Crippen MR) is 102 cm³/mol. The number of oxazole rings is 1. The van der Waals surface area contributed by atoms with Gasteiger partial charge in [0.15, 0.2) is 5.58 Å². The number of nitrogens with zero attached hydrogens (tertiary/aromatic N) is 2. The van der Waals surface area contributed by atoms with Gasteiger partial charge >= 0.3 is 0 Å². The largest absolute Gasteiger partial charge is 0.423 e. The van der Waals surface area contributed by atoms with Gasteiger partial charge in [-0.2, -0.15) is 4.98 Å². The van der Waals surface area contributed by atoms with Crippen molar-refractivity contribution in [1.29, 1.82) is 0 Å². The zero-order valence-corrected chi connectivity index (χ0v) is 13.9. The molecule has 0 aliphatic carbocycles. The van der Waals surface area contributed by atoms with E-state index in [1.807, 2.05) is 60.8 Å². The lowest BCUT2D eigenvalue weighted by Crippen LogP contribution is -1.89. The minimum Gasteiger partial charge on any atom is -0.423 e. The molecule has 0 saturated heterocycles. The molecule has 5 heteroatoms. The van der Waals surface area contributed by atoms with Crippen molar-refractivity contribution in [3.05, 3.63) is 83.4 Å². The van der Waals surface area contributed by atoms with Gasteiger partial charge in [-0.15, -0.1) is 0 Å². The maximum Gasteiger partial charge on any atom is 0.300 e. The summed E-state index contributed by atoms with van der Waals surface area (Å²) in [6.07, 6.45) is 1.84. The zero-order chi connectivity index (χ0) is 17.1. The number of nitrogens with one attached hydrogen (secondary N) is 1. The molecule has 4 rings (SSSR count). The minimum atomic E-state index is 0.429. The van der Waals surface area contributed by atoms with Gasteiger partial charge in [0.2, 0.25) is 0 Å². The maximum atomic E-state index is 5.96. The summed E-state index contributed by atoms with van der Waals surface area (Å²) in [6, 6.07) is 23.5. The van der Waals surface area contributed by atoms with E-state index < -0.39 is 0 Å². The van der Waals surface area contributed by atoms with Crippen LogP contribution in [0.5, 0.6) is 0 Å². The second kappa shape index (κ2) is 6.79. The molecule has 0 radical (unpaired) electrons. The molecule has 0 aliphatic rings. The number of aromatic nitrogens is 1. The number of anilines is 2. The SMILES string of the molecule is Clc1ccc2oc(Nc3ccc(N=Cc4ccccc4)cc3)nc2c1. The van der Waals surface area contributed by atoms with Crippen molar-refractivity contribution in [1.82, 2.24) is 4.98 Å². The fraction of sp³-hybridized carbons (Fsp3) is 0. The Balaban J connectivity index is 1.48. The van der Waals surface area contributed by atoms with E-state index in [4.69, 9.17) is 16.0 Å². The summed E-state index contributed by atoms with van der Waals surface area (Å²) in [6.45, 7) is 0. The number of hydrogen-bond acceptors (Lipinski definition) is 4. The molecule has 0 saturated carbocycles. The number of fused-ring (bicyclic) bond motifs is 1. The second-order valence-corrected chi connectivity index (χ2v) is 5.91. The Labute approximate surface area is 149 Å². The van der Waals surface area contributed by atoms with Crippen LogP contribution >= 0.6 is 11.6 Å². The van der Waals surface area contributed by atoms with E-state index in [0.717, 1.165) is 22.5 Å². The summed E-state index contributed by atoms with van der Waals surface area (Å²) in [5.74, 6) is 0. The minimum absolute atomic E-state index is 0.429.